The monoisotopic (exact) mass is 359 g/mol. The Labute approximate surface area is 127 Å². The van der Waals surface area contributed by atoms with Gasteiger partial charge in [0.25, 0.3) is 5.69 Å². The van der Waals surface area contributed by atoms with Crippen LogP contribution in [0.1, 0.15) is 5.56 Å². The largest absolute Gasteiger partial charge is 0.454 e. The van der Waals surface area contributed by atoms with Crippen molar-refractivity contribution in [2.75, 3.05) is 0 Å². The molecule has 0 atom stereocenters. The average Bonchev–Trinajstić information content (AvgIpc) is 2.42. The molecule has 0 saturated heterocycles. The molecule has 0 radical (unpaired) electrons. The quantitative estimate of drug-likeness (QED) is 0.436. The van der Waals surface area contributed by atoms with Crippen LogP contribution in [0.3, 0.4) is 0 Å². The van der Waals surface area contributed by atoms with Gasteiger partial charge in [-0.2, -0.15) is 0 Å². The van der Waals surface area contributed by atoms with E-state index >= 15 is 0 Å². The Morgan fingerprint density at radius 1 is 1.25 bits per heavy atom. The lowest BCUT2D eigenvalue weighted by atomic mass is 10.2. The molecule has 0 heterocycles. The molecule has 20 heavy (non-hydrogen) atoms. The van der Waals surface area contributed by atoms with Gasteiger partial charge in [0.05, 0.1) is 10.8 Å². The number of nitro benzene ring substituents is 1. The lowest BCUT2D eigenvalue weighted by molar-refractivity contribution is -0.384. The van der Waals surface area contributed by atoms with Crippen molar-refractivity contribution in [2.24, 2.45) is 0 Å². The van der Waals surface area contributed by atoms with E-state index in [2.05, 4.69) is 15.9 Å². The number of benzene rings is 2. The van der Waals surface area contributed by atoms with E-state index in [-0.39, 0.29) is 23.1 Å². The lowest BCUT2D eigenvalue weighted by Gasteiger charge is -2.10. The zero-order valence-electron chi connectivity index (χ0n) is 9.98. The van der Waals surface area contributed by atoms with Gasteiger partial charge in [-0.15, -0.1) is 11.6 Å². The van der Waals surface area contributed by atoms with E-state index in [4.69, 9.17) is 16.3 Å². The second-order valence-electron chi connectivity index (χ2n) is 3.86. The zero-order valence-corrected chi connectivity index (χ0v) is 12.3. The maximum atomic E-state index is 13.7. The Morgan fingerprint density at radius 3 is 2.55 bits per heavy atom. The number of non-ortho nitro benzene ring substituents is 1. The van der Waals surface area contributed by atoms with Gasteiger partial charge >= 0.3 is 0 Å². The molecule has 2 aromatic carbocycles. The van der Waals surface area contributed by atoms with Crippen molar-refractivity contribution in [3.8, 4) is 11.5 Å². The standard InChI is InChI=1S/C13H8BrClFNO3/c14-9-1-3-13(11(16)6-9)20-12-4-2-10(17(18)19)5-8(12)7-15/h1-6H,7H2. The minimum Gasteiger partial charge on any atom is -0.454 e. The minimum atomic E-state index is -0.543. The van der Waals surface area contributed by atoms with Crippen molar-refractivity contribution in [3.05, 3.63) is 62.4 Å². The second-order valence-corrected chi connectivity index (χ2v) is 5.04. The van der Waals surface area contributed by atoms with Gasteiger partial charge in [-0.1, -0.05) is 15.9 Å². The van der Waals surface area contributed by atoms with Gasteiger partial charge < -0.3 is 4.74 Å². The molecule has 0 N–H and O–H groups in total. The lowest BCUT2D eigenvalue weighted by Crippen LogP contribution is -1.95. The number of nitro groups is 1. The molecule has 7 heteroatoms. The molecule has 0 unspecified atom stereocenters. The molecule has 4 nitrogen and oxygen atoms in total. The second kappa shape index (κ2) is 6.19. The number of halogens is 3. The summed E-state index contributed by atoms with van der Waals surface area (Å²) in [6.07, 6.45) is 0. The van der Waals surface area contributed by atoms with Crippen LogP contribution in [0.5, 0.6) is 11.5 Å². The van der Waals surface area contributed by atoms with E-state index in [9.17, 15) is 14.5 Å². The van der Waals surface area contributed by atoms with Crippen molar-refractivity contribution >= 4 is 33.2 Å². The predicted octanol–water partition coefficient (Wildman–Crippen LogP) is 5.03. The summed E-state index contributed by atoms with van der Waals surface area (Å²) in [4.78, 5) is 10.2. The highest BCUT2D eigenvalue weighted by Gasteiger charge is 2.13. The Balaban J connectivity index is 2.35. The van der Waals surface area contributed by atoms with Gasteiger partial charge in [0.1, 0.15) is 5.75 Å². The van der Waals surface area contributed by atoms with Gasteiger partial charge in [0.15, 0.2) is 11.6 Å². The van der Waals surface area contributed by atoms with Crippen LogP contribution in [0.2, 0.25) is 0 Å². The SMILES string of the molecule is O=[N+]([O-])c1ccc(Oc2ccc(Br)cc2F)c(CCl)c1. The molecule has 0 spiro atoms. The fourth-order valence-electron chi connectivity index (χ4n) is 1.56. The molecule has 0 aliphatic rings. The number of rotatable bonds is 4. The predicted molar refractivity (Wildman–Crippen MR) is 76.8 cm³/mol. The molecule has 0 aliphatic heterocycles. The zero-order chi connectivity index (χ0) is 14.7. The summed E-state index contributed by atoms with van der Waals surface area (Å²) in [6.45, 7) is 0. The van der Waals surface area contributed by atoms with Gasteiger partial charge in [-0.3, -0.25) is 10.1 Å². The summed E-state index contributed by atoms with van der Waals surface area (Å²) in [7, 11) is 0. The van der Waals surface area contributed by atoms with Gasteiger partial charge in [-0.05, 0) is 24.3 Å². The molecule has 2 rings (SSSR count). The third-order valence-electron chi connectivity index (χ3n) is 2.51. The smallest absolute Gasteiger partial charge is 0.270 e. The van der Waals surface area contributed by atoms with E-state index in [0.29, 0.717) is 10.0 Å². The first-order chi connectivity index (χ1) is 9.51. The van der Waals surface area contributed by atoms with Crippen LogP contribution in [0, 0.1) is 15.9 Å². The fraction of sp³-hybridized carbons (Fsp3) is 0.0769. The van der Waals surface area contributed by atoms with Crippen LogP contribution in [0.4, 0.5) is 10.1 Å². The number of hydrogen-bond acceptors (Lipinski definition) is 3. The molecule has 0 amide bonds. The van der Waals surface area contributed by atoms with Crippen molar-refractivity contribution in [1.29, 1.82) is 0 Å². The van der Waals surface area contributed by atoms with Crippen LogP contribution in [0.25, 0.3) is 0 Å². The Kier molecular flexibility index (Phi) is 4.57. The Bertz CT molecular complexity index is 666. The van der Waals surface area contributed by atoms with Gasteiger partial charge in [0.2, 0.25) is 0 Å². The first kappa shape index (κ1) is 14.7. The van der Waals surface area contributed by atoms with E-state index in [0.717, 1.165) is 0 Å². The van der Waals surface area contributed by atoms with Crippen LogP contribution >= 0.6 is 27.5 Å². The molecule has 0 aliphatic carbocycles. The topological polar surface area (TPSA) is 52.4 Å². The van der Waals surface area contributed by atoms with Crippen molar-refractivity contribution in [2.45, 2.75) is 5.88 Å². The summed E-state index contributed by atoms with van der Waals surface area (Å²) in [5.41, 5.74) is 0.326. The summed E-state index contributed by atoms with van der Waals surface area (Å²) in [5, 5.41) is 10.7. The Hall–Kier alpha value is -1.66. The molecule has 0 bridgehead atoms. The van der Waals surface area contributed by atoms with E-state index in [1.807, 2.05) is 0 Å². The van der Waals surface area contributed by atoms with Crippen molar-refractivity contribution in [1.82, 2.24) is 0 Å². The number of ether oxygens (including phenoxy) is 1. The van der Waals surface area contributed by atoms with Crippen molar-refractivity contribution in [3.63, 3.8) is 0 Å². The van der Waals surface area contributed by atoms with Gasteiger partial charge in [-0.25, -0.2) is 4.39 Å². The van der Waals surface area contributed by atoms with Crippen LogP contribution < -0.4 is 4.74 Å². The Morgan fingerprint density at radius 2 is 1.95 bits per heavy atom. The summed E-state index contributed by atoms with van der Waals surface area (Å²) in [5.74, 6) is -0.215. The number of hydrogen-bond donors (Lipinski definition) is 0. The van der Waals surface area contributed by atoms with Crippen LogP contribution in [-0.4, -0.2) is 4.92 Å². The molecule has 104 valence electrons. The highest BCUT2D eigenvalue weighted by Crippen LogP contribution is 2.32. The highest BCUT2D eigenvalue weighted by atomic mass is 79.9. The average molecular weight is 361 g/mol. The number of alkyl halides is 1. The summed E-state index contributed by atoms with van der Waals surface area (Å²) >= 11 is 8.88. The van der Waals surface area contributed by atoms with E-state index in [1.165, 1.54) is 30.3 Å². The fourth-order valence-corrected chi connectivity index (χ4v) is 2.10. The molecule has 0 fully saturated rings. The molecule has 0 saturated carbocycles. The van der Waals surface area contributed by atoms with Gasteiger partial charge in [0, 0.05) is 22.2 Å². The molecular formula is C13H8BrClFNO3. The maximum Gasteiger partial charge on any atom is 0.270 e. The third kappa shape index (κ3) is 3.26. The molecular weight excluding hydrogens is 353 g/mol. The molecule has 0 aromatic heterocycles. The summed E-state index contributed by atoms with van der Waals surface area (Å²) in [6, 6.07) is 8.34. The highest BCUT2D eigenvalue weighted by molar-refractivity contribution is 9.10. The first-order valence-electron chi connectivity index (χ1n) is 5.47. The minimum absolute atomic E-state index is 0.0217. The first-order valence-corrected chi connectivity index (χ1v) is 6.80. The third-order valence-corrected chi connectivity index (χ3v) is 3.29. The summed E-state index contributed by atoms with van der Waals surface area (Å²) < 4.78 is 19.7. The normalized spacial score (nSPS) is 10.3. The number of nitrogens with zero attached hydrogens (tertiary/aromatic N) is 1. The van der Waals surface area contributed by atoms with Crippen LogP contribution in [0.15, 0.2) is 40.9 Å². The molecule has 2 aromatic rings. The van der Waals surface area contributed by atoms with E-state index < -0.39 is 10.7 Å². The maximum absolute atomic E-state index is 13.7. The van der Waals surface area contributed by atoms with Crippen LogP contribution in [-0.2, 0) is 5.88 Å². The van der Waals surface area contributed by atoms with Crippen molar-refractivity contribution < 1.29 is 14.1 Å². The van der Waals surface area contributed by atoms with E-state index in [1.54, 1.807) is 6.07 Å².